The van der Waals surface area contributed by atoms with Gasteiger partial charge in [-0.25, -0.2) is 0 Å². The van der Waals surface area contributed by atoms with E-state index in [0.717, 1.165) is 17.5 Å². The van der Waals surface area contributed by atoms with E-state index in [1.807, 2.05) is 38.1 Å². The first-order chi connectivity index (χ1) is 18.3. The summed E-state index contributed by atoms with van der Waals surface area (Å²) in [5.74, 6) is 0.408. The molecule has 7 heteroatoms. The standard InChI is InChI=1S/C31H31NO6/c1-5-14-36-24-12-10-22(15-19(24)4)29(33)27-28(21-8-6-20(7-9-21)18(2)3)32(31(35)30(27)34)23-11-13-25-26(16-23)38-17-37-25/h6-13,15-16,18,28,33H,5,14,17H2,1-4H3/b29-27+. The van der Waals surface area contributed by atoms with E-state index in [1.165, 1.54) is 4.90 Å². The van der Waals surface area contributed by atoms with E-state index >= 15 is 0 Å². The number of carbonyl (C=O) groups excluding carboxylic acids is 2. The van der Waals surface area contributed by atoms with Gasteiger partial charge in [-0.3, -0.25) is 14.5 Å². The molecule has 2 heterocycles. The van der Waals surface area contributed by atoms with E-state index in [2.05, 4.69) is 13.8 Å². The summed E-state index contributed by atoms with van der Waals surface area (Å²) in [6, 6.07) is 17.4. The fourth-order valence-electron chi connectivity index (χ4n) is 4.84. The Balaban J connectivity index is 1.64. The van der Waals surface area contributed by atoms with Gasteiger partial charge in [-0.05, 0) is 66.3 Å². The summed E-state index contributed by atoms with van der Waals surface area (Å²) in [4.78, 5) is 28.4. The predicted molar refractivity (Wildman–Crippen MR) is 145 cm³/mol. The minimum Gasteiger partial charge on any atom is -0.507 e. The number of aliphatic hydroxyl groups is 1. The molecule has 38 heavy (non-hydrogen) atoms. The topological polar surface area (TPSA) is 85.3 Å². The summed E-state index contributed by atoms with van der Waals surface area (Å²) in [5, 5.41) is 11.5. The van der Waals surface area contributed by atoms with Gasteiger partial charge in [0.15, 0.2) is 11.5 Å². The summed E-state index contributed by atoms with van der Waals surface area (Å²) in [6.07, 6.45) is 0.875. The molecule has 3 aromatic rings. The van der Waals surface area contributed by atoms with Crippen molar-refractivity contribution in [1.29, 1.82) is 0 Å². The summed E-state index contributed by atoms with van der Waals surface area (Å²) in [6.45, 7) is 8.79. The quantitative estimate of drug-likeness (QED) is 0.228. The largest absolute Gasteiger partial charge is 0.507 e. The summed E-state index contributed by atoms with van der Waals surface area (Å²) < 4.78 is 16.7. The van der Waals surface area contributed by atoms with Gasteiger partial charge in [-0.15, -0.1) is 0 Å². The molecule has 1 amide bonds. The number of rotatable bonds is 7. The number of hydrogen-bond acceptors (Lipinski definition) is 6. The maximum atomic E-state index is 13.5. The van der Waals surface area contributed by atoms with Gasteiger partial charge >= 0.3 is 0 Å². The fraction of sp³-hybridized carbons (Fsp3) is 0.290. The maximum Gasteiger partial charge on any atom is 0.300 e. The average Bonchev–Trinajstić information content (AvgIpc) is 3.49. The van der Waals surface area contributed by atoms with Crippen LogP contribution in [0, 0.1) is 6.92 Å². The highest BCUT2D eigenvalue weighted by atomic mass is 16.7. The molecule has 196 valence electrons. The second kappa shape index (κ2) is 10.2. The van der Waals surface area contributed by atoms with Crippen LogP contribution < -0.4 is 19.1 Å². The lowest BCUT2D eigenvalue weighted by atomic mass is 9.92. The number of amides is 1. The number of ketones is 1. The number of ether oxygens (including phenoxy) is 3. The zero-order chi connectivity index (χ0) is 27.0. The number of aliphatic hydroxyl groups excluding tert-OH is 1. The van der Waals surface area contributed by atoms with Crippen LogP contribution >= 0.6 is 0 Å². The predicted octanol–water partition coefficient (Wildman–Crippen LogP) is 6.26. The van der Waals surface area contributed by atoms with Crippen LogP contribution in [-0.4, -0.2) is 30.2 Å². The molecule has 3 aromatic carbocycles. The zero-order valence-corrected chi connectivity index (χ0v) is 22.0. The molecule has 2 aliphatic heterocycles. The third-order valence-corrected chi connectivity index (χ3v) is 6.91. The monoisotopic (exact) mass is 513 g/mol. The number of nitrogens with zero attached hydrogens (tertiary/aromatic N) is 1. The minimum absolute atomic E-state index is 0.0339. The van der Waals surface area contributed by atoms with Crippen molar-refractivity contribution < 1.29 is 28.9 Å². The molecule has 1 N–H and O–H groups in total. The highest BCUT2D eigenvalue weighted by molar-refractivity contribution is 6.51. The van der Waals surface area contributed by atoms with Crippen molar-refractivity contribution in [3.8, 4) is 17.2 Å². The Labute approximate surface area is 222 Å². The molecular weight excluding hydrogens is 482 g/mol. The molecule has 2 aliphatic rings. The van der Waals surface area contributed by atoms with Crippen molar-refractivity contribution >= 4 is 23.1 Å². The van der Waals surface area contributed by atoms with E-state index in [1.54, 1.807) is 36.4 Å². The van der Waals surface area contributed by atoms with Crippen LogP contribution in [0.3, 0.4) is 0 Å². The first kappa shape index (κ1) is 25.4. The van der Waals surface area contributed by atoms with E-state index in [9.17, 15) is 14.7 Å². The van der Waals surface area contributed by atoms with Crippen LogP contribution in [0.25, 0.3) is 5.76 Å². The van der Waals surface area contributed by atoms with Crippen LogP contribution in [0.5, 0.6) is 17.2 Å². The third kappa shape index (κ3) is 4.49. The number of carbonyl (C=O) groups is 2. The van der Waals surface area contributed by atoms with Crippen molar-refractivity contribution in [3.63, 3.8) is 0 Å². The smallest absolute Gasteiger partial charge is 0.300 e. The summed E-state index contributed by atoms with van der Waals surface area (Å²) in [5.41, 5.74) is 3.63. The van der Waals surface area contributed by atoms with E-state index in [-0.39, 0.29) is 18.1 Å². The van der Waals surface area contributed by atoms with Crippen LogP contribution in [0.15, 0.2) is 66.2 Å². The maximum absolute atomic E-state index is 13.5. The molecule has 1 atom stereocenters. The zero-order valence-electron chi connectivity index (χ0n) is 22.0. The SMILES string of the molecule is CCCOc1ccc(/C(O)=C2\C(=O)C(=O)N(c3ccc4c(c3)OCO4)C2c2ccc(C(C)C)cc2)cc1C. The van der Waals surface area contributed by atoms with Crippen molar-refractivity contribution in [3.05, 3.63) is 88.5 Å². The summed E-state index contributed by atoms with van der Waals surface area (Å²) >= 11 is 0. The summed E-state index contributed by atoms with van der Waals surface area (Å²) in [7, 11) is 0. The van der Waals surface area contributed by atoms with Crippen molar-refractivity contribution in [1.82, 2.24) is 0 Å². The van der Waals surface area contributed by atoms with E-state index < -0.39 is 17.7 Å². The number of fused-ring (bicyclic) bond motifs is 1. The minimum atomic E-state index is -0.826. The lowest BCUT2D eigenvalue weighted by molar-refractivity contribution is -0.132. The average molecular weight is 514 g/mol. The second-order valence-electron chi connectivity index (χ2n) is 9.86. The molecule has 0 aliphatic carbocycles. The first-order valence-electron chi connectivity index (χ1n) is 12.8. The van der Waals surface area contributed by atoms with Crippen LogP contribution in [-0.2, 0) is 9.59 Å². The molecular formula is C31H31NO6. The van der Waals surface area contributed by atoms with Gasteiger partial charge in [-0.1, -0.05) is 45.0 Å². The molecule has 1 saturated heterocycles. The van der Waals surface area contributed by atoms with E-state index in [0.29, 0.717) is 46.6 Å². The van der Waals surface area contributed by atoms with Gasteiger partial charge in [0.2, 0.25) is 6.79 Å². The van der Waals surface area contributed by atoms with Crippen molar-refractivity contribution in [2.24, 2.45) is 0 Å². The van der Waals surface area contributed by atoms with Crippen molar-refractivity contribution in [2.75, 3.05) is 18.3 Å². The number of hydrogen-bond donors (Lipinski definition) is 1. The van der Waals surface area contributed by atoms with Crippen LogP contribution in [0.1, 0.15) is 61.4 Å². The molecule has 0 aromatic heterocycles. The van der Waals surface area contributed by atoms with Gasteiger partial charge in [-0.2, -0.15) is 0 Å². The fourth-order valence-corrected chi connectivity index (χ4v) is 4.84. The Morgan fingerprint density at radius 1 is 1.03 bits per heavy atom. The molecule has 7 nitrogen and oxygen atoms in total. The molecule has 0 saturated carbocycles. The first-order valence-corrected chi connectivity index (χ1v) is 12.8. The number of aryl methyl sites for hydroxylation is 1. The van der Waals surface area contributed by atoms with Gasteiger partial charge in [0.25, 0.3) is 11.7 Å². The van der Waals surface area contributed by atoms with E-state index in [4.69, 9.17) is 14.2 Å². The molecule has 5 rings (SSSR count). The Morgan fingerprint density at radius 2 is 1.76 bits per heavy atom. The number of anilines is 1. The Bertz CT molecular complexity index is 1420. The van der Waals surface area contributed by atoms with Gasteiger partial charge in [0.05, 0.1) is 18.2 Å². The third-order valence-electron chi connectivity index (χ3n) is 6.91. The Kier molecular flexibility index (Phi) is 6.85. The molecule has 0 spiro atoms. The van der Waals surface area contributed by atoms with Gasteiger partial charge in [0, 0.05) is 17.3 Å². The van der Waals surface area contributed by atoms with Gasteiger partial charge in [0.1, 0.15) is 11.5 Å². The van der Waals surface area contributed by atoms with Crippen LogP contribution in [0.2, 0.25) is 0 Å². The van der Waals surface area contributed by atoms with Crippen molar-refractivity contribution in [2.45, 2.75) is 46.1 Å². The molecule has 1 unspecified atom stereocenters. The lowest BCUT2D eigenvalue weighted by Crippen LogP contribution is -2.29. The number of Topliss-reactive ketones (excluding diaryl/α,β-unsaturated/α-hetero) is 1. The highest BCUT2D eigenvalue weighted by Crippen LogP contribution is 2.45. The highest BCUT2D eigenvalue weighted by Gasteiger charge is 2.47. The Morgan fingerprint density at radius 3 is 2.45 bits per heavy atom. The molecule has 0 radical (unpaired) electrons. The Hall–Kier alpha value is -4.26. The molecule has 1 fully saturated rings. The van der Waals surface area contributed by atoms with Crippen LogP contribution in [0.4, 0.5) is 5.69 Å². The second-order valence-corrected chi connectivity index (χ2v) is 9.86. The molecule has 0 bridgehead atoms. The lowest BCUT2D eigenvalue weighted by Gasteiger charge is -2.26. The van der Waals surface area contributed by atoms with Gasteiger partial charge < -0.3 is 19.3 Å². The number of benzene rings is 3. The normalized spacial score (nSPS) is 17.9.